The Balaban J connectivity index is 2.17. The van der Waals surface area contributed by atoms with Crippen LogP contribution in [0.2, 0.25) is 0 Å². The number of hydrogen-bond donors (Lipinski definition) is 1. The summed E-state index contributed by atoms with van der Waals surface area (Å²) in [5.41, 5.74) is 3.09. The number of anilines is 1. The van der Waals surface area contributed by atoms with Gasteiger partial charge in [-0.25, -0.2) is 0 Å². The van der Waals surface area contributed by atoms with Crippen molar-refractivity contribution in [2.45, 2.75) is 20.3 Å². The summed E-state index contributed by atoms with van der Waals surface area (Å²) < 4.78 is 10.6. The van der Waals surface area contributed by atoms with E-state index in [0.29, 0.717) is 0 Å². The fourth-order valence-corrected chi connectivity index (χ4v) is 2.15. The van der Waals surface area contributed by atoms with Crippen molar-refractivity contribution in [2.24, 2.45) is 0 Å². The van der Waals surface area contributed by atoms with Crippen LogP contribution in [0.15, 0.2) is 24.3 Å². The summed E-state index contributed by atoms with van der Waals surface area (Å²) >= 11 is 0. The van der Waals surface area contributed by atoms with Gasteiger partial charge in [-0.15, -0.1) is 0 Å². The SMILES string of the molecule is CCOCCCNc1cc(C)nc2ccc(OC)cc12. The summed E-state index contributed by atoms with van der Waals surface area (Å²) in [6.45, 7) is 6.47. The minimum absolute atomic E-state index is 0.772. The molecule has 20 heavy (non-hydrogen) atoms. The molecule has 0 saturated heterocycles. The van der Waals surface area contributed by atoms with E-state index in [1.165, 1.54) is 0 Å². The van der Waals surface area contributed by atoms with Crippen molar-refractivity contribution in [2.75, 3.05) is 32.2 Å². The lowest BCUT2D eigenvalue weighted by Crippen LogP contribution is -2.06. The molecule has 1 aromatic heterocycles. The van der Waals surface area contributed by atoms with Gasteiger partial charge in [-0.05, 0) is 44.5 Å². The van der Waals surface area contributed by atoms with Crippen molar-refractivity contribution < 1.29 is 9.47 Å². The second-order valence-electron chi connectivity index (χ2n) is 4.67. The van der Waals surface area contributed by atoms with Crippen LogP contribution in [-0.2, 0) is 4.74 Å². The van der Waals surface area contributed by atoms with Gasteiger partial charge < -0.3 is 14.8 Å². The summed E-state index contributed by atoms with van der Waals surface area (Å²) in [6.07, 6.45) is 0.987. The van der Waals surface area contributed by atoms with E-state index >= 15 is 0 Å². The minimum atomic E-state index is 0.772. The van der Waals surface area contributed by atoms with Crippen molar-refractivity contribution in [1.29, 1.82) is 0 Å². The average Bonchev–Trinajstić information content (AvgIpc) is 2.46. The molecule has 0 unspecified atom stereocenters. The summed E-state index contributed by atoms with van der Waals surface area (Å²) in [5, 5.41) is 4.55. The number of nitrogens with one attached hydrogen (secondary N) is 1. The Morgan fingerprint density at radius 3 is 2.85 bits per heavy atom. The normalized spacial score (nSPS) is 10.8. The molecular formula is C16H22N2O2. The highest BCUT2D eigenvalue weighted by molar-refractivity contribution is 5.92. The van der Waals surface area contributed by atoms with E-state index < -0.39 is 0 Å². The molecule has 1 N–H and O–H groups in total. The fraction of sp³-hybridized carbons (Fsp3) is 0.438. The van der Waals surface area contributed by atoms with Gasteiger partial charge in [0.15, 0.2) is 0 Å². The number of nitrogens with zero attached hydrogens (tertiary/aromatic N) is 1. The largest absolute Gasteiger partial charge is 0.497 e. The Hall–Kier alpha value is -1.81. The highest BCUT2D eigenvalue weighted by Crippen LogP contribution is 2.27. The number of aromatic nitrogens is 1. The molecule has 4 heteroatoms. The first-order chi connectivity index (χ1) is 9.74. The van der Waals surface area contributed by atoms with Gasteiger partial charge in [-0.2, -0.15) is 0 Å². The van der Waals surface area contributed by atoms with Crippen LogP contribution in [-0.4, -0.2) is 31.9 Å². The number of hydrogen-bond acceptors (Lipinski definition) is 4. The number of aryl methyl sites for hydroxylation is 1. The van der Waals surface area contributed by atoms with Crippen molar-refractivity contribution in [1.82, 2.24) is 4.98 Å². The van der Waals surface area contributed by atoms with Crippen LogP contribution in [0.1, 0.15) is 19.0 Å². The van der Waals surface area contributed by atoms with Gasteiger partial charge >= 0.3 is 0 Å². The van der Waals surface area contributed by atoms with E-state index in [4.69, 9.17) is 9.47 Å². The van der Waals surface area contributed by atoms with Crippen molar-refractivity contribution >= 4 is 16.6 Å². The molecule has 4 nitrogen and oxygen atoms in total. The van der Waals surface area contributed by atoms with E-state index in [2.05, 4.69) is 16.4 Å². The molecule has 0 aliphatic rings. The summed E-state index contributed by atoms with van der Waals surface area (Å²) in [7, 11) is 1.68. The summed E-state index contributed by atoms with van der Waals surface area (Å²) in [4.78, 5) is 4.55. The van der Waals surface area contributed by atoms with Crippen molar-refractivity contribution in [3.63, 3.8) is 0 Å². The minimum Gasteiger partial charge on any atom is -0.497 e. The number of benzene rings is 1. The smallest absolute Gasteiger partial charge is 0.119 e. The molecule has 0 fully saturated rings. The van der Waals surface area contributed by atoms with E-state index in [1.54, 1.807) is 7.11 Å². The Bertz CT molecular complexity index is 570. The third-order valence-electron chi connectivity index (χ3n) is 3.13. The summed E-state index contributed by atoms with van der Waals surface area (Å²) in [6, 6.07) is 8.02. The molecule has 0 bridgehead atoms. The molecular weight excluding hydrogens is 252 g/mol. The quantitative estimate of drug-likeness (QED) is 0.786. The first-order valence-corrected chi connectivity index (χ1v) is 7.01. The van der Waals surface area contributed by atoms with Gasteiger partial charge in [0.2, 0.25) is 0 Å². The van der Waals surface area contributed by atoms with E-state index in [-0.39, 0.29) is 0 Å². The molecule has 2 aromatic rings. The Labute approximate surface area is 120 Å². The molecule has 0 amide bonds. The molecule has 1 aromatic carbocycles. The van der Waals surface area contributed by atoms with Crippen LogP contribution in [0.25, 0.3) is 10.9 Å². The fourth-order valence-electron chi connectivity index (χ4n) is 2.15. The third kappa shape index (κ3) is 3.61. The first kappa shape index (κ1) is 14.6. The second kappa shape index (κ2) is 7.10. The molecule has 0 aliphatic heterocycles. The predicted octanol–water partition coefficient (Wildman–Crippen LogP) is 3.39. The second-order valence-corrected chi connectivity index (χ2v) is 4.67. The van der Waals surface area contributed by atoms with Crippen LogP contribution in [0, 0.1) is 6.92 Å². The third-order valence-corrected chi connectivity index (χ3v) is 3.13. The number of rotatable bonds is 7. The first-order valence-electron chi connectivity index (χ1n) is 7.01. The van der Waals surface area contributed by atoms with Crippen LogP contribution in [0.3, 0.4) is 0 Å². The van der Waals surface area contributed by atoms with Crippen LogP contribution >= 0.6 is 0 Å². The maximum Gasteiger partial charge on any atom is 0.119 e. The van der Waals surface area contributed by atoms with Crippen LogP contribution in [0.5, 0.6) is 5.75 Å². The van der Waals surface area contributed by atoms with Gasteiger partial charge in [-0.1, -0.05) is 0 Å². The van der Waals surface area contributed by atoms with Crippen LogP contribution in [0.4, 0.5) is 5.69 Å². The number of methoxy groups -OCH3 is 1. The molecule has 2 rings (SSSR count). The van der Waals surface area contributed by atoms with Gasteiger partial charge in [0.25, 0.3) is 0 Å². The Morgan fingerprint density at radius 1 is 1.25 bits per heavy atom. The van der Waals surface area contributed by atoms with Gasteiger partial charge in [0.05, 0.1) is 12.6 Å². The highest BCUT2D eigenvalue weighted by Gasteiger charge is 2.05. The van der Waals surface area contributed by atoms with Gasteiger partial charge in [0.1, 0.15) is 5.75 Å². The lowest BCUT2D eigenvalue weighted by molar-refractivity contribution is 0.147. The van der Waals surface area contributed by atoms with E-state index in [1.807, 2.05) is 32.0 Å². The van der Waals surface area contributed by atoms with Crippen molar-refractivity contribution in [3.05, 3.63) is 30.0 Å². The molecule has 0 spiro atoms. The van der Waals surface area contributed by atoms with Gasteiger partial charge in [0, 0.05) is 36.5 Å². The number of pyridine rings is 1. The monoisotopic (exact) mass is 274 g/mol. The lowest BCUT2D eigenvalue weighted by atomic mass is 10.1. The van der Waals surface area contributed by atoms with E-state index in [0.717, 1.165) is 54.2 Å². The molecule has 0 atom stereocenters. The maximum atomic E-state index is 5.35. The van der Waals surface area contributed by atoms with E-state index in [9.17, 15) is 0 Å². The topological polar surface area (TPSA) is 43.4 Å². The van der Waals surface area contributed by atoms with Crippen LogP contribution < -0.4 is 10.1 Å². The zero-order valence-electron chi connectivity index (χ0n) is 12.4. The predicted molar refractivity (Wildman–Crippen MR) is 82.6 cm³/mol. The standard InChI is InChI=1S/C16H22N2O2/c1-4-20-9-5-8-17-16-10-12(2)18-15-7-6-13(19-3)11-14(15)16/h6-7,10-11H,4-5,8-9H2,1-3H3,(H,17,18). The van der Waals surface area contributed by atoms with Crippen molar-refractivity contribution in [3.8, 4) is 5.75 Å². The van der Waals surface area contributed by atoms with Gasteiger partial charge in [-0.3, -0.25) is 4.98 Å². The maximum absolute atomic E-state index is 5.35. The zero-order valence-corrected chi connectivity index (χ0v) is 12.4. The average molecular weight is 274 g/mol. The summed E-state index contributed by atoms with van der Waals surface area (Å²) in [5.74, 6) is 0.848. The Kier molecular flexibility index (Phi) is 5.18. The zero-order chi connectivity index (χ0) is 14.4. The molecule has 1 heterocycles. The Morgan fingerprint density at radius 2 is 2.10 bits per heavy atom. The highest BCUT2D eigenvalue weighted by atomic mass is 16.5. The lowest BCUT2D eigenvalue weighted by Gasteiger charge is -2.12. The molecule has 108 valence electrons. The molecule has 0 saturated carbocycles. The molecule has 0 radical (unpaired) electrons. The number of ether oxygens (including phenoxy) is 2. The number of fused-ring (bicyclic) bond motifs is 1. The molecule has 0 aliphatic carbocycles.